The number of amides is 3. The topological polar surface area (TPSA) is 88.2 Å². The quantitative estimate of drug-likeness (QED) is 0.452. The van der Waals surface area contributed by atoms with Crippen molar-refractivity contribution < 1.29 is 23.9 Å². The van der Waals surface area contributed by atoms with Gasteiger partial charge in [-0.1, -0.05) is 29.8 Å². The molecule has 1 saturated heterocycles. The van der Waals surface area contributed by atoms with Gasteiger partial charge in [0.1, 0.15) is 0 Å². The highest BCUT2D eigenvalue weighted by molar-refractivity contribution is 6.22. The van der Waals surface area contributed by atoms with E-state index in [-0.39, 0.29) is 29.3 Å². The van der Waals surface area contributed by atoms with Gasteiger partial charge < -0.3 is 14.8 Å². The summed E-state index contributed by atoms with van der Waals surface area (Å²) in [5, 5.41) is 3.03. The maximum atomic E-state index is 13.0. The molecule has 0 spiro atoms. The third-order valence-corrected chi connectivity index (χ3v) is 6.37. The van der Waals surface area contributed by atoms with Crippen LogP contribution in [0.2, 0.25) is 0 Å². The molecule has 3 amide bonds. The molecule has 1 fully saturated rings. The first-order valence-electron chi connectivity index (χ1n) is 11.7. The number of fused-ring (bicyclic) bond motifs is 1. The Kier molecular flexibility index (Phi) is 7.72. The lowest BCUT2D eigenvalue weighted by Gasteiger charge is -2.35. The predicted octanol–water partition coefficient (Wildman–Crippen LogP) is 2.43. The molecule has 8 heteroatoms. The van der Waals surface area contributed by atoms with E-state index in [1.54, 1.807) is 19.2 Å². The molecule has 1 N–H and O–H groups in total. The summed E-state index contributed by atoms with van der Waals surface area (Å²) in [4.78, 5) is 41.9. The minimum Gasteiger partial charge on any atom is -0.385 e. The van der Waals surface area contributed by atoms with Gasteiger partial charge >= 0.3 is 0 Å². The van der Waals surface area contributed by atoms with Crippen molar-refractivity contribution in [3.8, 4) is 0 Å². The van der Waals surface area contributed by atoms with Crippen LogP contribution in [-0.2, 0) is 9.47 Å². The van der Waals surface area contributed by atoms with Crippen molar-refractivity contribution in [3.63, 3.8) is 0 Å². The summed E-state index contributed by atoms with van der Waals surface area (Å²) in [6, 6.07) is 13.1. The number of methoxy groups -OCH3 is 1. The molecule has 2 aliphatic heterocycles. The van der Waals surface area contributed by atoms with Crippen molar-refractivity contribution in [2.45, 2.75) is 19.4 Å². The number of rotatable bonds is 9. The Morgan fingerprint density at radius 2 is 1.76 bits per heavy atom. The zero-order valence-electron chi connectivity index (χ0n) is 19.7. The smallest absolute Gasteiger partial charge is 0.261 e. The van der Waals surface area contributed by atoms with Crippen LogP contribution in [0.15, 0.2) is 42.5 Å². The van der Waals surface area contributed by atoms with Crippen molar-refractivity contribution in [2.75, 3.05) is 53.1 Å². The van der Waals surface area contributed by atoms with Crippen molar-refractivity contribution in [1.82, 2.24) is 15.1 Å². The van der Waals surface area contributed by atoms with Gasteiger partial charge in [0.05, 0.1) is 30.4 Å². The minimum absolute atomic E-state index is 0.0161. The highest BCUT2D eigenvalue weighted by Crippen LogP contribution is 2.25. The highest BCUT2D eigenvalue weighted by atomic mass is 16.5. The van der Waals surface area contributed by atoms with Gasteiger partial charge in [0.15, 0.2) is 0 Å². The lowest BCUT2D eigenvalue weighted by Crippen LogP contribution is -2.43. The second kappa shape index (κ2) is 10.9. The van der Waals surface area contributed by atoms with Crippen LogP contribution in [-0.4, -0.2) is 80.6 Å². The fraction of sp³-hybridized carbons (Fsp3) is 0.423. The standard InChI is InChI=1S/C26H31N3O5/c1-18-4-6-19(7-5-18)23(28-11-14-34-15-12-28)17-27-24(30)20-8-9-21-22(16-20)26(32)29(25(21)31)10-3-13-33-2/h4-9,16,23H,3,10-15,17H2,1-2H3,(H,27,30). The molecule has 1 atom stereocenters. The normalized spacial score (nSPS) is 17.1. The van der Waals surface area contributed by atoms with Crippen LogP contribution in [0.3, 0.4) is 0 Å². The van der Waals surface area contributed by atoms with Crippen molar-refractivity contribution in [2.24, 2.45) is 0 Å². The van der Waals surface area contributed by atoms with Gasteiger partial charge in [-0.15, -0.1) is 0 Å². The number of ether oxygens (including phenoxy) is 2. The van der Waals surface area contributed by atoms with E-state index in [4.69, 9.17) is 9.47 Å². The van der Waals surface area contributed by atoms with Crippen LogP contribution in [0, 0.1) is 6.92 Å². The molecule has 2 aliphatic rings. The monoisotopic (exact) mass is 465 g/mol. The van der Waals surface area contributed by atoms with E-state index in [9.17, 15) is 14.4 Å². The predicted molar refractivity (Wildman–Crippen MR) is 127 cm³/mol. The Bertz CT molecular complexity index is 1050. The molecular formula is C26H31N3O5. The minimum atomic E-state index is -0.364. The molecule has 34 heavy (non-hydrogen) atoms. The van der Waals surface area contributed by atoms with Gasteiger partial charge in [-0.05, 0) is 37.1 Å². The van der Waals surface area contributed by atoms with Gasteiger partial charge in [-0.25, -0.2) is 0 Å². The van der Waals surface area contributed by atoms with Gasteiger partial charge in [0.25, 0.3) is 17.7 Å². The van der Waals surface area contributed by atoms with Crippen LogP contribution in [0.25, 0.3) is 0 Å². The van der Waals surface area contributed by atoms with Crippen molar-refractivity contribution >= 4 is 17.7 Å². The Labute approximate surface area is 199 Å². The lowest BCUT2D eigenvalue weighted by atomic mass is 10.0. The fourth-order valence-electron chi connectivity index (χ4n) is 4.43. The van der Waals surface area contributed by atoms with Crippen LogP contribution >= 0.6 is 0 Å². The van der Waals surface area contributed by atoms with Crippen LogP contribution in [0.5, 0.6) is 0 Å². The summed E-state index contributed by atoms with van der Waals surface area (Å²) in [6.07, 6.45) is 0.567. The van der Waals surface area contributed by atoms with Gasteiger partial charge in [-0.3, -0.25) is 24.2 Å². The first kappa shape index (κ1) is 24.1. The number of imide groups is 1. The molecule has 2 heterocycles. The summed E-state index contributed by atoms with van der Waals surface area (Å²) >= 11 is 0. The lowest BCUT2D eigenvalue weighted by molar-refractivity contribution is 0.0162. The summed E-state index contributed by atoms with van der Waals surface area (Å²) in [5.41, 5.74) is 3.29. The molecule has 0 saturated carbocycles. The van der Waals surface area contributed by atoms with Gasteiger partial charge in [0.2, 0.25) is 0 Å². The average Bonchev–Trinajstić information content (AvgIpc) is 3.10. The number of hydrogen-bond donors (Lipinski definition) is 1. The second-order valence-corrected chi connectivity index (χ2v) is 8.65. The molecule has 0 radical (unpaired) electrons. The third kappa shape index (κ3) is 5.19. The summed E-state index contributed by atoms with van der Waals surface area (Å²) in [7, 11) is 1.58. The number of benzene rings is 2. The summed E-state index contributed by atoms with van der Waals surface area (Å²) in [6.45, 7) is 6.15. The van der Waals surface area contributed by atoms with E-state index in [2.05, 4.69) is 34.5 Å². The number of morpholine rings is 1. The van der Waals surface area contributed by atoms with E-state index in [0.717, 1.165) is 18.7 Å². The number of carbonyl (C=O) groups excluding carboxylic acids is 3. The molecule has 0 bridgehead atoms. The molecule has 1 unspecified atom stereocenters. The fourth-order valence-corrected chi connectivity index (χ4v) is 4.43. The summed E-state index contributed by atoms with van der Waals surface area (Å²) in [5.74, 6) is -0.960. The Hall–Kier alpha value is -3.07. The van der Waals surface area contributed by atoms with E-state index in [1.807, 2.05) is 6.92 Å². The second-order valence-electron chi connectivity index (χ2n) is 8.65. The molecular weight excluding hydrogens is 434 g/mol. The molecule has 0 aromatic heterocycles. The zero-order valence-corrected chi connectivity index (χ0v) is 19.7. The summed E-state index contributed by atoms with van der Waals surface area (Å²) < 4.78 is 10.5. The van der Waals surface area contributed by atoms with E-state index >= 15 is 0 Å². The SMILES string of the molecule is COCCCN1C(=O)c2ccc(C(=O)NCC(c3ccc(C)cc3)N3CCOCC3)cc2C1=O. The number of hydrogen-bond acceptors (Lipinski definition) is 6. The van der Waals surface area contributed by atoms with E-state index in [1.165, 1.54) is 16.5 Å². The van der Waals surface area contributed by atoms with Crippen LogP contribution < -0.4 is 5.32 Å². The molecule has 2 aromatic carbocycles. The Morgan fingerprint density at radius 3 is 2.47 bits per heavy atom. The number of carbonyl (C=O) groups is 3. The van der Waals surface area contributed by atoms with Gasteiger partial charge in [0, 0.05) is 45.5 Å². The average molecular weight is 466 g/mol. The largest absolute Gasteiger partial charge is 0.385 e. The number of nitrogens with one attached hydrogen (secondary N) is 1. The third-order valence-electron chi connectivity index (χ3n) is 6.37. The molecule has 2 aromatic rings. The molecule has 4 rings (SSSR count). The zero-order chi connectivity index (χ0) is 24.1. The molecule has 8 nitrogen and oxygen atoms in total. The van der Waals surface area contributed by atoms with E-state index < -0.39 is 0 Å². The van der Waals surface area contributed by atoms with Crippen molar-refractivity contribution in [1.29, 1.82) is 0 Å². The number of nitrogens with zero attached hydrogens (tertiary/aromatic N) is 2. The van der Waals surface area contributed by atoms with Crippen molar-refractivity contribution in [3.05, 3.63) is 70.3 Å². The molecule has 0 aliphatic carbocycles. The first-order valence-corrected chi connectivity index (χ1v) is 11.7. The number of aryl methyl sites for hydroxylation is 1. The van der Waals surface area contributed by atoms with Gasteiger partial charge in [-0.2, -0.15) is 0 Å². The van der Waals surface area contributed by atoms with Crippen LogP contribution in [0.4, 0.5) is 0 Å². The highest BCUT2D eigenvalue weighted by Gasteiger charge is 2.35. The Balaban J connectivity index is 1.46. The Morgan fingerprint density at radius 1 is 1.06 bits per heavy atom. The molecule has 180 valence electrons. The van der Waals surface area contributed by atoms with E-state index in [0.29, 0.717) is 50.5 Å². The first-order chi connectivity index (χ1) is 16.5. The maximum absolute atomic E-state index is 13.0. The maximum Gasteiger partial charge on any atom is 0.261 e. The van der Waals surface area contributed by atoms with Crippen LogP contribution in [0.1, 0.15) is 54.7 Å².